The van der Waals surface area contributed by atoms with E-state index in [1.165, 1.54) is 6.92 Å². The van der Waals surface area contributed by atoms with Gasteiger partial charge in [0.05, 0.1) is 0 Å². The van der Waals surface area contributed by atoms with Crippen LogP contribution in [0.25, 0.3) is 0 Å². The second kappa shape index (κ2) is 5.84. The van der Waals surface area contributed by atoms with Crippen LogP contribution in [0.3, 0.4) is 0 Å². The Morgan fingerprint density at radius 1 is 1.53 bits per heavy atom. The van der Waals surface area contributed by atoms with Crippen LogP contribution in [-0.2, 0) is 4.79 Å². The Bertz CT molecular complexity index is 402. The van der Waals surface area contributed by atoms with Gasteiger partial charge < -0.3 is 11.1 Å². The van der Waals surface area contributed by atoms with Gasteiger partial charge in [-0.05, 0) is 18.2 Å². The van der Waals surface area contributed by atoms with Crippen LogP contribution >= 0.6 is 0 Å². The van der Waals surface area contributed by atoms with Crippen molar-refractivity contribution in [2.45, 2.75) is 13.3 Å². The van der Waals surface area contributed by atoms with E-state index < -0.39 is 0 Å². The van der Waals surface area contributed by atoms with Crippen LogP contribution in [0.4, 0.5) is 5.69 Å². The molecule has 0 radical (unpaired) electrons. The molecule has 1 rings (SSSR count). The van der Waals surface area contributed by atoms with Crippen molar-refractivity contribution in [3.63, 3.8) is 0 Å². The monoisotopic (exact) mass is 202 g/mol. The van der Waals surface area contributed by atoms with E-state index in [-0.39, 0.29) is 5.91 Å². The number of carbonyl (C=O) groups is 1. The first-order valence-corrected chi connectivity index (χ1v) is 4.79. The van der Waals surface area contributed by atoms with Crippen LogP contribution in [-0.4, -0.2) is 12.5 Å². The Morgan fingerprint density at radius 3 is 3.00 bits per heavy atom. The molecule has 0 saturated heterocycles. The fourth-order valence-corrected chi connectivity index (χ4v) is 1.11. The smallest absolute Gasteiger partial charge is 0.221 e. The van der Waals surface area contributed by atoms with Gasteiger partial charge in [-0.3, -0.25) is 4.79 Å². The number of carbonyl (C=O) groups excluding carboxylic acids is 1. The molecule has 0 atom stereocenters. The minimum atomic E-state index is -0.0814. The van der Waals surface area contributed by atoms with Gasteiger partial charge in [-0.15, -0.1) is 0 Å². The Morgan fingerprint density at radius 2 is 2.33 bits per heavy atom. The minimum Gasteiger partial charge on any atom is -0.330 e. The highest BCUT2D eigenvalue weighted by molar-refractivity contribution is 5.88. The van der Waals surface area contributed by atoms with Gasteiger partial charge in [0.15, 0.2) is 0 Å². The number of amides is 1. The molecule has 0 fully saturated rings. The predicted octanol–water partition coefficient (Wildman–Crippen LogP) is 1.35. The molecule has 0 aromatic heterocycles. The van der Waals surface area contributed by atoms with E-state index in [2.05, 4.69) is 17.2 Å². The fraction of sp³-hybridized carbons (Fsp3) is 0.250. The molecule has 0 bridgehead atoms. The van der Waals surface area contributed by atoms with E-state index in [1.807, 2.05) is 24.3 Å². The molecule has 3 nitrogen and oxygen atoms in total. The van der Waals surface area contributed by atoms with Crippen molar-refractivity contribution in [1.82, 2.24) is 0 Å². The maximum Gasteiger partial charge on any atom is 0.221 e. The Labute approximate surface area is 89.7 Å². The molecule has 3 N–H and O–H groups in total. The summed E-state index contributed by atoms with van der Waals surface area (Å²) in [6.45, 7) is 2.05. The first kappa shape index (κ1) is 11.3. The highest BCUT2D eigenvalue weighted by Gasteiger charge is 1.94. The van der Waals surface area contributed by atoms with Gasteiger partial charge in [-0.25, -0.2) is 0 Å². The largest absolute Gasteiger partial charge is 0.330 e. The van der Waals surface area contributed by atoms with Crippen molar-refractivity contribution in [2.24, 2.45) is 5.73 Å². The molecule has 0 aliphatic rings. The molecule has 1 aromatic rings. The maximum absolute atomic E-state index is 10.8. The molecule has 3 heteroatoms. The normalized spacial score (nSPS) is 8.93. The third-order valence-electron chi connectivity index (χ3n) is 1.69. The number of rotatable bonds is 2. The van der Waals surface area contributed by atoms with Gasteiger partial charge >= 0.3 is 0 Å². The van der Waals surface area contributed by atoms with Crippen molar-refractivity contribution < 1.29 is 4.79 Å². The van der Waals surface area contributed by atoms with Crippen molar-refractivity contribution in [3.05, 3.63) is 29.8 Å². The van der Waals surface area contributed by atoms with Crippen LogP contribution in [0.15, 0.2) is 24.3 Å². The average molecular weight is 202 g/mol. The number of hydrogen-bond acceptors (Lipinski definition) is 2. The lowest BCUT2D eigenvalue weighted by Gasteiger charge is -2.01. The van der Waals surface area contributed by atoms with Crippen LogP contribution in [0.5, 0.6) is 0 Å². The standard InChI is InChI=1S/C12H14N2O/c1-10(15)14-12-7-4-6-11(9-12)5-2-3-8-13/h4,6-7,9H,3,8,13H2,1H3,(H,14,15). The molecule has 0 unspecified atom stereocenters. The molecule has 15 heavy (non-hydrogen) atoms. The summed E-state index contributed by atoms with van der Waals surface area (Å²) >= 11 is 0. The third kappa shape index (κ3) is 4.30. The Kier molecular flexibility index (Phi) is 4.39. The summed E-state index contributed by atoms with van der Waals surface area (Å²) < 4.78 is 0. The van der Waals surface area contributed by atoms with Crippen molar-refractivity contribution in [1.29, 1.82) is 0 Å². The highest BCUT2D eigenvalue weighted by Crippen LogP contribution is 2.09. The van der Waals surface area contributed by atoms with Gasteiger partial charge in [-0.1, -0.05) is 17.9 Å². The molecule has 0 aliphatic carbocycles. The first-order chi connectivity index (χ1) is 7.22. The number of hydrogen-bond donors (Lipinski definition) is 2. The van der Waals surface area contributed by atoms with Gasteiger partial charge in [-0.2, -0.15) is 0 Å². The number of benzene rings is 1. The topological polar surface area (TPSA) is 55.1 Å². The van der Waals surface area contributed by atoms with E-state index >= 15 is 0 Å². The molecule has 78 valence electrons. The SMILES string of the molecule is CC(=O)Nc1cccc(C#CCCN)c1. The van der Waals surface area contributed by atoms with Crippen LogP contribution < -0.4 is 11.1 Å². The zero-order chi connectivity index (χ0) is 11.1. The van der Waals surface area contributed by atoms with Gasteiger partial charge in [0.1, 0.15) is 0 Å². The quantitative estimate of drug-likeness (QED) is 0.711. The van der Waals surface area contributed by atoms with E-state index in [0.29, 0.717) is 13.0 Å². The summed E-state index contributed by atoms with van der Waals surface area (Å²) in [5.41, 5.74) is 6.98. The molecular weight excluding hydrogens is 188 g/mol. The molecule has 0 saturated carbocycles. The molecule has 0 heterocycles. The highest BCUT2D eigenvalue weighted by atomic mass is 16.1. The van der Waals surface area contributed by atoms with Crippen molar-refractivity contribution in [2.75, 3.05) is 11.9 Å². The van der Waals surface area contributed by atoms with E-state index in [9.17, 15) is 4.79 Å². The van der Waals surface area contributed by atoms with Crippen molar-refractivity contribution >= 4 is 11.6 Å². The Balaban J connectivity index is 2.75. The van der Waals surface area contributed by atoms with Crippen LogP contribution in [0.1, 0.15) is 18.9 Å². The second-order valence-electron chi connectivity index (χ2n) is 3.10. The van der Waals surface area contributed by atoms with Gasteiger partial charge in [0, 0.05) is 31.1 Å². The zero-order valence-electron chi connectivity index (χ0n) is 8.71. The second-order valence-corrected chi connectivity index (χ2v) is 3.10. The zero-order valence-corrected chi connectivity index (χ0v) is 8.71. The molecule has 0 spiro atoms. The molecule has 1 amide bonds. The average Bonchev–Trinajstić information content (AvgIpc) is 2.18. The Hall–Kier alpha value is -1.79. The van der Waals surface area contributed by atoms with Crippen molar-refractivity contribution in [3.8, 4) is 11.8 Å². The van der Waals surface area contributed by atoms with Gasteiger partial charge in [0.2, 0.25) is 5.91 Å². The van der Waals surface area contributed by atoms with Gasteiger partial charge in [0.25, 0.3) is 0 Å². The summed E-state index contributed by atoms with van der Waals surface area (Å²) in [6, 6.07) is 7.42. The van der Waals surface area contributed by atoms with E-state index in [0.717, 1.165) is 11.3 Å². The number of anilines is 1. The lowest BCUT2D eigenvalue weighted by atomic mass is 10.2. The minimum absolute atomic E-state index is 0.0814. The number of nitrogens with two attached hydrogens (primary N) is 1. The fourth-order valence-electron chi connectivity index (χ4n) is 1.11. The summed E-state index contributed by atoms with van der Waals surface area (Å²) in [4.78, 5) is 10.8. The summed E-state index contributed by atoms with van der Waals surface area (Å²) in [5, 5.41) is 2.70. The van der Waals surface area contributed by atoms with E-state index in [1.54, 1.807) is 0 Å². The summed E-state index contributed by atoms with van der Waals surface area (Å²) in [7, 11) is 0. The molecule has 1 aromatic carbocycles. The predicted molar refractivity (Wildman–Crippen MR) is 61.3 cm³/mol. The molecular formula is C12H14N2O. The summed E-state index contributed by atoms with van der Waals surface area (Å²) in [6.07, 6.45) is 0.685. The van der Waals surface area contributed by atoms with E-state index in [4.69, 9.17) is 5.73 Å². The van der Waals surface area contributed by atoms with Crippen LogP contribution in [0, 0.1) is 11.8 Å². The third-order valence-corrected chi connectivity index (χ3v) is 1.69. The maximum atomic E-state index is 10.8. The number of nitrogens with one attached hydrogen (secondary N) is 1. The first-order valence-electron chi connectivity index (χ1n) is 4.79. The lowest BCUT2D eigenvalue weighted by Crippen LogP contribution is -2.05. The molecule has 0 aliphatic heterocycles. The van der Waals surface area contributed by atoms with Crippen LogP contribution in [0.2, 0.25) is 0 Å². The summed E-state index contributed by atoms with van der Waals surface area (Å²) in [5.74, 6) is 5.84. The lowest BCUT2D eigenvalue weighted by molar-refractivity contribution is -0.114.